The van der Waals surface area contributed by atoms with E-state index < -0.39 is 0 Å². The maximum absolute atomic E-state index is 13.0. The second-order valence-electron chi connectivity index (χ2n) is 5.26. The molecular weight excluding hydrogens is 291 g/mol. The van der Waals surface area contributed by atoms with Crippen molar-refractivity contribution >= 4 is 11.6 Å². The maximum Gasteiger partial charge on any atom is 0.255 e. The van der Waals surface area contributed by atoms with Crippen LogP contribution in [0.5, 0.6) is 0 Å². The second-order valence-corrected chi connectivity index (χ2v) is 5.26. The first-order valence-electron chi connectivity index (χ1n) is 7.22. The summed E-state index contributed by atoms with van der Waals surface area (Å²) in [6, 6.07) is 17.0. The molecule has 114 valence electrons. The topological polar surface area (TPSA) is 42.0 Å². The van der Waals surface area contributed by atoms with E-state index in [1.165, 1.54) is 12.1 Å². The van der Waals surface area contributed by atoms with Crippen molar-refractivity contribution in [2.24, 2.45) is 0 Å². The fourth-order valence-corrected chi connectivity index (χ4v) is 2.28. The Kier molecular flexibility index (Phi) is 4.15. The van der Waals surface area contributed by atoms with Gasteiger partial charge in [0.1, 0.15) is 5.82 Å². The Labute approximate surface area is 133 Å². The molecule has 1 aromatic heterocycles. The molecule has 1 N–H and O–H groups in total. The number of rotatable bonds is 3. The van der Waals surface area contributed by atoms with Crippen molar-refractivity contribution in [1.29, 1.82) is 0 Å². The predicted molar refractivity (Wildman–Crippen MR) is 88.8 cm³/mol. The summed E-state index contributed by atoms with van der Waals surface area (Å²) in [4.78, 5) is 16.6. The van der Waals surface area contributed by atoms with Crippen LogP contribution in [0.3, 0.4) is 0 Å². The molecule has 0 saturated heterocycles. The third kappa shape index (κ3) is 3.61. The minimum absolute atomic E-state index is 0.207. The van der Waals surface area contributed by atoms with Gasteiger partial charge in [0.15, 0.2) is 0 Å². The van der Waals surface area contributed by atoms with Gasteiger partial charge in [0.05, 0.1) is 5.69 Å². The van der Waals surface area contributed by atoms with Crippen molar-refractivity contribution < 1.29 is 9.18 Å². The van der Waals surface area contributed by atoms with Crippen LogP contribution in [0.25, 0.3) is 11.3 Å². The monoisotopic (exact) mass is 306 g/mol. The molecule has 3 rings (SSSR count). The molecule has 2 aromatic carbocycles. The fourth-order valence-electron chi connectivity index (χ4n) is 2.28. The average molecular weight is 306 g/mol. The highest BCUT2D eigenvalue weighted by molar-refractivity contribution is 6.04. The summed E-state index contributed by atoms with van der Waals surface area (Å²) in [5, 5.41) is 2.86. The SMILES string of the molecule is Cc1cccc(NC(=O)c2ccnc(-c3ccc(F)cc3)c2)c1. The minimum Gasteiger partial charge on any atom is -0.322 e. The molecule has 0 saturated carbocycles. The summed E-state index contributed by atoms with van der Waals surface area (Å²) < 4.78 is 13.0. The van der Waals surface area contributed by atoms with Gasteiger partial charge in [0.25, 0.3) is 5.91 Å². The standard InChI is InChI=1S/C19H15FN2O/c1-13-3-2-4-17(11-13)22-19(23)15-9-10-21-18(12-15)14-5-7-16(20)8-6-14/h2-12H,1H3,(H,22,23). The molecule has 0 aliphatic rings. The van der Waals surface area contributed by atoms with Gasteiger partial charge in [-0.15, -0.1) is 0 Å². The number of anilines is 1. The number of benzene rings is 2. The van der Waals surface area contributed by atoms with Gasteiger partial charge in [0, 0.05) is 23.0 Å². The van der Waals surface area contributed by atoms with Crippen LogP contribution in [-0.2, 0) is 0 Å². The van der Waals surface area contributed by atoms with Gasteiger partial charge in [-0.2, -0.15) is 0 Å². The van der Waals surface area contributed by atoms with Gasteiger partial charge in [-0.05, 0) is 61.0 Å². The van der Waals surface area contributed by atoms with Gasteiger partial charge in [-0.3, -0.25) is 9.78 Å². The van der Waals surface area contributed by atoms with E-state index in [4.69, 9.17) is 0 Å². The van der Waals surface area contributed by atoms with E-state index in [2.05, 4.69) is 10.3 Å². The average Bonchev–Trinajstić information content (AvgIpc) is 2.56. The van der Waals surface area contributed by atoms with E-state index in [9.17, 15) is 9.18 Å². The minimum atomic E-state index is -0.304. The summed E-state index contributed by atoms with van der Waals surface area (Å²) in [5.41, 5.74) is 3.71. The van der Waals surface area contributed by atoms with Crippen LogP contribution in [0.1, 0.15) is 15.9 Å². The zero-order valence-electron chi connectivity index (χ0n) is 12.6. The quantitative estimate of drug-likeness (QED) is 0.777. The molecule has 0 fully saturated rings. The lowest BCUT2D eigenvalue weighted by atomic mass is 10.1. The molecule has 0 spiro atoms. The van der Waals surface area contributed by atoms with E-state index in [0.29, 0.717) is 11.3 Å². The summed E-state index contributed by atoms with van der Waals surface area (Å²) >= 11 is 0. The molecule has 3 nitrogen and oxygen atoms in total. The van der Waals surface area contributed by atoms with E-state index in [-0.39, 0.29) is 11.7 Å². The molecular formula is C19H15FN2O. The van der Waals surface area contributed by atoms with Crippen molar-refractivity contribution in [3.63, 3.8) is 0 Å². The van der Waals surface area contributed by atoms with Gasteiger partial charge in [0.2, 0.25) is 0 Å². The lowest BCUT2D eigenvalue weighted by Crippen LogP contribution is -2.12. The molecule has 0 aliphatic heterocycles. The summed E-state index contributed by atoms with van der Waals surface area (Å²) in [6.45, 7) is 1.97. The number of halogens is 1. The van der Waals surface area contributed by atoms with Gasteiger partial charge < -0.3 is 5.32 Å². The number of carbonyl (C=O) groups is 1. The van der Waals surface area contributed by atoms with Crippen molar-refractivity contribution in [2.45, 2.75) is 6.92 Å². The highest BCUT2D eigenvalue weighted by Crippen LogP contribution is 2.19. The highest BCUT2D eigenvalue weighted by Gasteiger charge is 2.09. The first-order chi connectivity index (χ1) is 11.1. The number of aromatic nitrogens is 1. The van der Waals surface area contributed by atoms with Gasteiger partial charge in [-0.25, -0.2) is 4.39 Å². The Morgan fingerprint density at radius 1 is 1.04 bits per heavy atom. The van der Waals surface area contributed by atoms with Crippen molar-refractivity contribution in [2.75, 3.05) is 5.32 Å². The lowest BCUT2D eigenvalue weighted by molar-refractivity contribution is 0.102. The molecule has 0 unspecified atom stereocenters. The van der Waals surface area contributed by atoms with Crippen molar-refractivity contribution in [3.8, 4) is 11.3 Å². The smallest absolute Gasteiger partial charge is 0.255 e. The molecule has 0 radical (unpaired) electrons. The van der Waals surface area contributed by atoms with Crippen LogP contribution in [0.2, 0.25) is 0 Å². The van der Waals surface area contributed by atoms with Gasteiger partial charge in [-0.1, -0.05) is 12.1 Å². The number of carbonyl (C=O) groups excluding carboxylic acids is 1. The van der Waals surface area contributed by atoms with Crippen LogP contribution < -0.4 is 5.32 Å². The third-order valence-corrected chi connectivity index (χ3v) is 3.44. The molecule has 0 bridgehead atoms. The van der Waals surface area contributed by atoms with E-state index in [1.807, 2.05) is 31.2 Å². The zero-order valence-corrected chi connectivity index (χ0v) is 12.6. The molecule has 0 aliphatic carbocycles. The molecule has 23 heavy (non-hydrogen) atoms. The molecule has 0 atom stereocenters. The van der Waals surface area contributed by atoms with Crippen LogP contribution in [0.4, 0.5) is 10.1 Å². The van der Waals surface area contributed by atoms with Crippen molar-refractivity contribution in [3.05, 3.63) is 83.8 Å². The summed E-state index contributed by atoms with van der Waals surface area (Å²) in [5.74, 6) is -0.511. The van der Waals surface area contributed by atoms with Crippen LogP contribution >= 0.6 is 0 Å². The molecule has 3 aromatic rings. The number of pyridine rings is 1. The Morgan fingerprint density at radius 3 is 2.57 bits per heavy atom. The highest BCUT2D eigenvalue weighted by atomic mass is 19.1. The first-order valence-corrected chi connectivity index (χ1v) is 7.22. The summed E-state index contributed by atoms with van der Waals surface area (Å²) in [6.07, 6.45) is 1.57. The normalized spacial score (nSPS) is 10.3. The number of nitrogens with one attached hydrogen (secondary N) is 1. The second kappa shape index (κ2) is 6.40. The number of hydrogen-bond acceptors (Lipinski definition) is 2. The maximum atomic E-state index is 13.0. The number of nitrogens with zero attached hydrogens (tertiary/aromatic N) is 1. The Hall–Kier alpha value is -3.01. The van der Waals surface area contributed by atoms with Crippen LogP contribution in [0, 0.1) is 12.7 Å². The van der Waals surface area contributed by atoms with E-state index >= 15 is 0 Å². The van der Waals surface area contributed by atoms with E-state index in [1.54, 1.807) is 30.5 Å². The van der Waals surface area contributed by atoms with E-state index in [0.717, 1.165) is 16.8 Å². The predicted octanol–water partition coefficient (Wildman–Crippen LogP) is 4.45. The fraction of sp³-hybridized carbons (Fsp3) is 0.0526. The summed E-state index contributed by atoms with van der Waals surface area (Å²) in [7, 11) is 0. The van der Waals surface area contributed by atoms with Gasteiger partial charge >= 0.3 is 0 Å². The van der Waals surface area contributed by atoms with Crippen LogP contribution in [0.15, 0.2) is 66.9 Å². The molecule has 4 heteroatoms. The number of amides is 1. The Bertz CT molecular complexity index is 844. The first kappa shape index (κ1) is 14.9. The lowest BCUT2D eigenvalue weighted by Gasteiger charge is -2.07. The van der Waals surface area contributed by atoms with Crippen molar-refractivity contribution in [1.82, 2.24) is 4.98 Å². The number of aryl methyl sites for hydroxylation is 1. The molecule has 1 amide bonds. The Balaban J connectivity index is 1.84. The largest absolute Gasteiger partial charge is 0.322 e. The zero-order chi connectivity index (χ0) is 16.2. The van der Waals surface area contributed by atoms with Crippen LogP contribution in [-0.4, -0.2) is 10.9 Å². The Morgan fingerprint density at radius 2 is 1.83 bits per heavy atom. The third-order valence-electron chi connectivity index (χ3n) is 3.44. The molecule has 1 heterocycles. The number of hydrogen-bond donors (Lipinski definition) is 1.